The molecule has 0 N–H and O–H groups in total. The summed E-state index contributed by atoms with van der Waals surface area (Å²) >= 11 is 7.10. The molecule has 6 heteroatoms. The molecule has 0 aliphatic rings. The third kappa shape index (κ3) is 2.87. The van der Waals surface area contributed by atoms with Gasteiger partial charge in [0.1, 0.15) is 5.03 Å². The predicted molar refractivity (Wildman–Crippen MR) is 57.9 cm³/mol. The molecule has 0 saturated carbocycles. The highest BCUT2D eigenvalue weighted by molar-refractivity contribution is 7.99. The molecular formula is C9H7ClN4S. The highest BCUT2D eigenvalue weighted by Gasteiger charge is 2.03. The van der Waals surface area contributed by atoms with Crippen LogP contribution in [0.5, 0.6) is 0 Å². The molecule has 2 heterocycles. The number of hydrogen-bond donors (Lipinski definition) is 0. The minimum Gasteiger partial charge on any atom is -0.231 e. The smallest absolute Gasteiger partial charge is 0.223 e. The molecule has 0 atom stereocenters. The number of nitrogens with zero attached hydrogens (tertiary/aromatic N) is 4. The zero-order chi connectivity index (χ0) is 10.7. The lowest BCUT2D eigenvalue weighted by Gasteiger charge is -2.00. The highest BCUT2D eigenvalue weighted by atomic mass is 35.5. The van der Waals surface area contributed by atoms with Crippen LogP contribution in [0.15, 0.2) is 34.7 Å². The predicted octanol–water partition coefficient (Wildman–Crippen LogP) is 2.38. The van der Waals surface area contributed by atoms with Crippen LogP contribution >= 0.6 is 23.4 Å². The van der Waals surface area contributed by atoms with Crippen molar-refractivity contribution in [3.8, 4) is 0 Å². The van der Waals surface area contributed by atoms with Gasteiger partial charge in [0.2, 0.25) is 5.28 Å². The molecule has 0 aromatic carbocycles. The van der Waals surface area contributed by atoms with Crippen LogP contribution in [0, 0.1) is 6.92 Å². The molecule has 0 aliphatic carbocycles. The first-order valence-electron chi connectivity index (χ1n) is 4.20. The van der Waals surface area contributed by atoms with E-state index in [0.29, 0.717) is 5.16 Å². The van der Waals surface area contributed by atoms with Crippen LogP contribution in [-0.2, 0) is 0 Å². The van der Waals surface area contributed by atoms with Crippen LogP contribution in [0.4, 0.5) is 0 Å². The fraction of sp³-hybridized carbons (Fsp3) is 0.111. The molecule has 0 saturated heterocycles. The molecule has 0 aliphatic heterocycles. The number of aromatic nitrogens is 4. The number of rotatable bonds is 2. The van der Waals surface area contributed by atoms with Crippen molar-refractivity contribution in [3.63, 3.8) is 0 Å². The molecular weight excluding hydrogens is 232 g/mol. The molecule has 15 heavy (non-hydrogen) atoms. The Bertz CT molecular complexity index is 443. The van der Waals surface area contributed by atoms with Crippen molar-refractivity contribution in [2.75, 3.05) is 0 Å². The Hall–Kier alpha value is -1.20. The van der Waals surface area contributed by atoms with E-state index >= 15 is 0 Å². The molecule has 0 spiro atoms. The van der Waals surface area contributed by atoms with Crippen LogP contribution < -0.4 is 0 Å². The van der Waals surface area contributed by atoms with E-state index in [1.54, 1.807) is 18.5 Å². The fourth-order valence-corrected chi connectivity index (χ4v) is 2.04. The van der Waals surface area contributed by atoms with E-state index in [1.165, 1.54) is 11.8 Å². The molecule has 76 valence electrons. The minimum absolute atomic E-state index is 0.244. The van der Waals surface area contributed by atoms with Gasteiger partial charge in [0, 0.05) is 18.1 Å². The summed E-state index contributed by atoms with van der Waals surface area (Å²) in [6.07, 6.45) is 3.37. The Morgan fingerprint density at radius 2 is 1.93 bits per heavy atom. The first-order chi connectivity index (χ1) is 7.24. The molecule has 0 fully saturated rings. The Morgan fingerprint density at radius 3 is 2.60 bits per heavy atom. The highest BCUT2D eigenvalue weighted by Crippen LogP contribution is 2.23. The third-order valence-electron chi connectivity index (χ3n) is 1.54. The van der Waals surface area contributed by atoms with Crippen molar-refractivity contribution < 1.29 is 0 Å². The van der Waals surface area contributed by atoms with Crippen molar-refractivity contribution in [1.29, 1.82) is 0 Å². The zero-order valence-corrected chi connectivity index (χ0v) is 9.46. The van der Waals surface area contributed by atoms with Gasteiger partial charge in [-0.15, -0.1) is 0 Å². The molecule has 0 radical (unpaired) electrons. The number of hydrogen-bond acceptors (Lipinski definition) is 5. The third-order valence-corrected chi connectivity index (χ3v) is 2.52. The molecule has 2 aromatic rings. The van der Waals surface area contributed by atoms with Crippen LogP contribution in [0.25, 0.3) is 0 Å². The Balaban J connectivity index is 2.25. The normalized spacial score (nSPS) is 10.3. The molecule has 2 rings (SSSR count). The van der Waals surface area contributed by atoms with Gasteiger partial charge in [0.15, 0.2) is 5.16 Å². The second kappa shape index (κ2) is 4.55. The maximum Gasteiger partial charge on any atom is 0.223 e. The Kier molecular flexibility index (Phi) is 3.13. The first-order valence-corrected chi connectivity index (χ1v) is 5.39. The average molecular weight is 239 g/mol. The lowest BCUT2D eigenvalue weighted by Crippen LogP contribution is -1.90. The second-order valence-electron chi connectivity index (χ2n) is 2.75. The van der Waals surface area contributed by atoms with Crippen molar-refractivity contribution in [3.05, 3.63) is 35.5 Å². The van der Waals surface area contributed by atoms with Gasteiger partial charge in [-0.1, -0.05) is 0 Å². The van der Waals surface area contributed by atoms with Gasteiger partial charge in [-0.25, -0.2) is 19.9 Å². The summed E-state index contributed by atoms with van der Waals surface area (Å²) < 4.78 is 0. The van der Waals surface area contributed by atoms with E-state index in [1.807, 2.05) is 13.0 Å². The summed E-state index contributed by atoms with van der Waals surface area (Å²) in [6, 6.07) is 3.61. The van der Waals surface area contributed by atoms with E-state index in [9.17, 15) is 0 Å². The van der Waals surface area contributed by atoms with Gasteiger partial charge in [0.25, 0.3) is 0 Å². The largest absolute Gasteiger partial charge is 0.231 e. The van der Waals surface area contributed by atoms with Gasteiger partial charge < -0.3 is 0 Å². The SMILES string of the molecule is Cc1cc(Sc2ncccn2)nc(Cl)n1. The van der Waals surface area contributed by atoms with Gasteiger partial charge in [-0.2, -0.15) is 0 Å². The van der Waals surface area contributed by atoms with E-state index in [-0.39, 0.29) is 5.28 Å². The summed E-state index contributed by atoms with van der Waals surface area (Å²) in [5.41, 5.74) is 0.827. The lowest BCUT2D eigenvalue weighted by atomic mass is 10.5. The molecule has 0 unspecified atom stereocenters. The lowest BCUT2D eigenvalue weighted by molar-refractivity contribution is 0.950. The molecule has 0 amide bonds. The summed E-state index contributed by atoms with van der Waals surface area (Å²) in [4.78, 5) is 16.2. The van der Waals surface area contributed by atoms with Gasteiger partial charge >= 0.3 is 0 Å². The second-order valence-corrected chi connectivity index (χ2v) is 4.08. The molecule has 0 bridgehead atoms. The zero-order valence-electron chi connectivity index (χ0n) is 7.88. The first kappa shape index (κ1) is 10.3. The standard InChI is InChI=1S/C9H7ClN4S/c1-6-5-7(14-8(10)13-6)15-9-11-3-2-4-12-9/h2-5H,1H3. The van der Waals surface area contributed by atoms with Crippen LogP contribution in [-0.4, -0.2) is 19.9 Å². The van der Waals surface area contributed by atoms with Gasteiger partial charge in [-0.3, -0.25) is 0 Å². The van der Waals surface area contributed by atoms with Crippen LogP contribution in [0.3, 0.4) is 0 Å². The maximum absolute atomic E-state index is 5.74. The van der Waals surface area contributed by atoms with Gasteiger partial charge in [0.05, 0.1) is 0 Å². The summed E-state index contributed by atoms with van der Waals surface area (Å²) in [6.45, 7) is 1.86. The van der Waals surface area contributed by atoms with E-state index in [2.05, 4.69) is 19.9 Å². The van der Waals surface area contributed by atoms with Crippen molar-refractivity contribution in [2.24, 2.45) is 0 Å². The van der Waals surface area contributed by atoms with Crippen LogP contribution in [0.1, 0.15) is 5.69 Å². The minimum atomic E-state index is 0.244. The topological polar surface area (TPSA) is 51.6 Å². The number of halogens is 1. The monoisotopic (exact) mass is 238 g/mol. The quantitative estimate of drug-likeness (QED) is 0.594. The van der Waals surface area contributed by atoms with Crippen molar-refractivity contribution >= 4 is 23.4 Å². The average Bonchev–Trinajstić information content (AvgIpc) is 2.17. The summed E-state index contributed by atoms with van der Waals surface area (Å²) in [5, 5.41) is 1.64. The van der Waals surface area contributed by atoms with Gasteiger partial charge in [-0.05, 0) is 42.4 Å². The maximum atomic E-state index is 5.74. The Morgan fingerprint density at radius 1 is 1.20 bits per heavy atom. The summed E-state index contributed by atoms with van der Waals surface area (Å²) in [7, 11) is 0. The molecule has 4 nitrogen and oxygen atoms in total. The fourth-order valence-electron chi connectivity index (χ4n) is 0.989. The van der Waals surface area contributed by atoms with E-state index in [0.717, 1.165) is 10.7 Å². The van der Waals surface area contributed by atoms with Crippen molar-refractivity contribution in [1.82, 2.24) is 19.9 Å². The Labute approximate surface area is 96.2 Å². The molecule has 2 aromatic heterocycles. The van der Waals surface area contributed by atoms with E-state index < -0.39 is 0 Å². The summed E-state index contributed by atoms with van der Waals surface area (Å²) in [5.74, 6) is 0. The van der Waals surface area contributed by atoms with Crippen molar-refractivity contribution in [2.45, 2.75) is 17.1 Å². The van der Waals surface area contributed by atoms with Crippen LogP contribution in [0.2, 0.25) is 5.28 Å². The van der Waals surface area contributed by atoms with E-state index in [4.69, 9.17) is 11.6 Å². The number of aryl methyl sites for hydroxylation is 1.